The van der Waals surface area contributed by atoms with E-state index in [1.165, 1.54) is 11.3 Å². The van der Waals surface area contributed by atoms with Gasteiger partial charge in [0.1, 0.15) is 11.6 Å². The summed E-state index contributed by atoms with van der Waals surface area (Å²) in [6, 6.07) is 13.0. The van der Waals surface area contributed by atoms with Crippen LogP contribution in [0.5, 0.6) is 0 Å². The Balaban J connectivity index is 1.71. The third-order valence-electron chi connectivity index (χ3n) is 3.18. The number of hydrogen-bond donors (Lipinski definition) is 1. The summed E-state index contributed by atoms with van der Waals surface area (Å²) in [4.78, 5) is 16.4. The van der Waals surface area contributed by atoms with Crippen LogP contribution in [-0.2, 0) is 11.3 Å². The predicted octanol–water partition coefficient (Wildman–Crippen LogP) is 3.54. The van der Waals surface area contributed by atoms with Crippen LogP contribution < -0.4 is 5.73 Å². The number of carbonyl (C=O) groups excluding carboxylic acids is 1. The van der Waals surface area contributed by atoms with Gasteiger partial charge in [0.15, 0.2) is 0 Å². The van der Waals surface area contributed by atoms with Gasteiger partial charge in [-0.3, -0.25) is 0 Å². The first kappa shape index (κ1) is 13.6. The molecule has 3 aromatic rings. The predicted molar refractivity (Wildman–Crippen MR) is 84.3 cm³/mol. The van der Waals surface area contributed by atoms with E-state index in [2.05, 4.69) is 4.98 Å². The number of nitrogens with two attached hydrogens (primary N) is 1. The first-order chi connectivity index (χ1) is 10.1. The van der Waals surface area contributed by atoms with Crippen LogP contribution in [-0.4, -0.2) is 11.0 Å². The van der Waals surface area contributed by atoms with Crippen LogP contribution >= 0.6 is 11.3 Å². The molecule has 1 heterocycles. The molecule has 0 amide bonds. The molecule has 5 heteroatoms. The number of benzene rings is 2. The monoisotopic (exact) mass is 298 g/mol. The summed E-state index contributed by atoms with van der Waals surface area (Å²) in [5.74, 6) is -0.388. The second kappa shape index (κ2) is 5.54. The lowest BCUT2D eigenvalue weighted by Crippen LogP contribution is -2.06. The third-order valence-corrected chi connectivity index (χ3v) is 4.19. The maximum Gasteiger partial charge on any atom is 0.338 e. The van der Waals surface area contributed by atoms with E-state index < -0.39 is 0 Å². The van der Waals surface area contributed by atoms with E-state index in [1.54, 1.807) is 12.1 Å². The van der Waals surface area contributed by atoms with Crippen molar-refractivity contribution in [1.82, 2.24) is 4.98 Å². The Morgan fingerprint density at radius 1 is 1.29 bits per heavy atom. The van der Waals surface area contributed by atoms with Crippen molar-refractivity contribution in [1.29, 1.82) is 0 Å². The normalized spacial score (nSPS) is 10.7. The van der Waals surface area contributed by atoms with Crippen molar-refractivity contribution in [2.24, 2.45) is 0 Å². The highest BCUT2D eigenvalue weighted by Crippen LogP contribution is 2.22. The molecule has 2 aromatic carbocycles. The minimum Gasteiger partial charge on any atom is -0.455 e. The lowest BCUT2D eigenvalue weighted by Gasteiger charge is -2.05. The Labute approximate surface area is 126 Å². The molecular weight excluding hydrogens is 284 g/mol. The quantitative estimate of drug-likeness (QED) is 0.593. The number of ether oxygens (including phenoxy) is 1. The summed E-state index contributed by atoms with van der Waals surface area (Å²) >= 11 is 1.53. The van der Waals surface area contributed by atoms with Gasteiger partial charge in [-0.2, -0.15) is 0 Å². The summed E-state index contributed by atoms with van der Waals surface area (Å²) < 4.78 is 6.38. The highest BCUT2D eigenvalue weighted by atomic mass is 32.1. The van der Waals surface area contributed by atoms with Crippen molar-refractivity contribution in [2.45, 2.75) is 13.5 Å². The van der Waals surface area contributed by atoms with Crippen molar-refractivity contribution in [3.8, 4) is 0 Å². The summed E-state index contributed by atoms with van der Waals surface area (Å²) in [5, 5.41) is 0.782. The summed E-state index contributed by atoms with van der Waals surface area (Å²) in [5.41, 5.74) is 8.71. The highest BCUT2D eigenvalue weighted by Gasteiger charge is 2.10. The number of para-hydroxylation sites is 1. The van der Waals surface area contributed by atoms with Crippen molar-refractivity contribution in [3.63, 3.8) is 0 Å². The van der Waals surface area contributed by atoms with Gasteiger partial charge in [0, 0.05) is 5.69 Å². The number of aromatic nitrogens is 1. The van der Waals surface area contributed by atoms with E-state index in [4.69, 9.17) is 10.5 Å². The summed E-state index contributed by atoms with van der Waals surface area (Å²) in [6.45, 7) is 2.07. The molecular formula is C16H14N2O2S. The van der Waals surface area contributed by atoms with Crippen LogP contribution in [0.15, 0.2) is 42.5 Å². The molecule has 0 unspecified atom stereocenters. The molecule has 0 fully saturated rings. The number of carbonyl (C=O) groups is 1. The standard InChI is InChI=1S/C16H14N2O2S/c1-10-6-7-11(8-12(10)17)16(19)20-9-15-18-13-4-2-3-5-14(13)21-15/h2-8H,9,17H2,1H3. The van der Waals surface area contributed by atoms with Gasteiger partial charge in [0.05, 0.1) is 15.8 Å². The topological polar surface area (TPSA) is 65.2 Å². The number of hydrogen-bond acceptors (Lipinski definition) is 5. The third kappa shape index (κ3) is 2.87. The van der Waals surface area contributed by atoms with Gasteiger partial charge in [-0.1, -0.05) is 18.2 Å². The number of fused-ring (bicyclic) bond motifs is 1. The van der Waals surface area contributed by atoms with Crippen LogP contribution in [0.1, 0.15) is 20.9 Å². The maximum absolute atomic E-state index is 12.0. The van der Waals surface area contributed by atoms with Crippen molar-refractivity contribution < 1.29 is 9.53 Å². The average Bonchev–Trinajstić information content (AvgIpc) is 2.90. The van der Waals surface area contributed by atoms with Gasteiger partial charge in [-0.05, 0) is 36.8 Å². The van der Waals surface area contributed by atoms with E-state index in [0.717, 1.165) is 20.8 Å². The number of aryl methyl sites for hydroxylation is 1. The fourth-order valence-electron chi connectivity index (χ4n) is 1.96. The smallest absolute Gasteiger partial charge is 0.338 e. The van der Waals surface area contributed by atoms with Gasteiger partial charge in [0.25, 0.3) is 0 Å². The molecule has 0 saturated carbocycles. The molecule has 2 N–H and O–H groups in total. The Hall–Kier alpha value is -2.40. The molecule has 0 aliphatic carbocycles. The lowest BCUT2D eigenvalue weighted by atomic mass is 10.1. The Morgan fingerprint density at radius 3 is 2.86 bits per heavy atom. The molecule has 106 valence electrons. The van der Waals surface area contributed by atoms with Crippen molar-refractivity contribution in [2.75, 3.05) is 5.73 Å². The minimum atomic E-state index is -0.388. The average molecular weight is 298 g/mol. The van der Waals surface area contributed by atoms with Crippen LogP contribution in [0.4, 0.5) is 5.69 Å². The number of nitrogens with zero attached hydrogens (tertiary/aromatic N) is 1. The molecule has 21 heavy (non-hydrogen) atoms. The van der Waals surface area contributed by atoms with E-state index in [0.29, 0.717) is 11.3 Å². The van der Waals surface area contributed by atoms with E-state index in [1.807, 2.05) is 37.3 Å². The second-order valence-electron chi connectivity index (χ2n) is 4.72. The van der Waals surface area contributed by atoms with E-state index in [9.17, 15) is 4.79 Å². The summed E-state index contributed by atoms with van der Waals surface area (Å²) in [7, 11) is 0. The molecule has 0 aliphatic heterocycles. The molecule has 0 bridgehead atoms. The van der Waals surface area contributed by atoms with E-state index in [-0.39, 0.29) is 12.6 Å². The maximum atomic E-state index is 12.0. The number of rotatable bonds is 3. The summed E-state index contributed by atoms with van der Waals surface area (Å²) in [6.07, 6.45) is 0. The Morgan fingerprint density at radius 2 is 2.10 bits per heavy atom. The molecule has 1 aromatic heterocycles. The zero-order valence-corrected chi connectivity index (χ0v) is 12.3. The zero-order valence-electron chi connectivity index (χ0n) is 11.5. The zero-order chi connectivity index (χ0) is 14.8. The van der Waals surface area contributed by atoms with Crippen molar-refractivity contribution >= 4 is 33.2 Å². The van der Waals surface area contributed by atoms with Gasteiger partial charge in [0.2, 0.25) is 0 Å². The fraction of sp³-hybridized carbons (Fsp3) is 0.125. The molecule has 0 atom stereocenters. The minimum absolute atomic E-state index is 0.173. The molecule has 0 radical (unpaired) electrons. The van der Waals surface area contributed by atoms with Crippen LogP contribution in [0.2, 0.25) is 0 Å². The van der Waals surface area contributed by atoms with Crippen molar-refractivity contribution in [3.05, 3.63) is 58.6 Å². The number of nitrogen functional groups attached to an aromatic ring is 1. The Bertz CT molecular complexity index is 778. The van der Waals surface area contributed by atoms with Gasteiger partial charge in [-0.25, -0.2) is 9.78 Å². The highest BCUT2D eigenvalue weighted by molar-refractivity contribution is 7.18. The van der Waals surface area contributed by atoms with Crippen LogP contribution in [0.3, 0.4) is 0 Å². The Kier molecular flexibility index (Phi) is 3.58. The van der Waals surface area contributed by atoms with E-state index >= 15 is 0 Å². The SMILES string of the molecule is Cc1ccc(C(=O)OCc2nc3ccccc3s2)cc1N. The molecule has 4 nitrogen and oxygen atoms in total. The van der Waals surface area contributed by atoms with Crippen LogP contribution in [0.25, 0.3) is 10.2 Å². The largest absolute Gasteiger partial charge is 0.455 e. The molecule has 0 aliphatic rings. The molecule has 0 saturated heterocycles. The first-order valence-electron chi connectivity index (χ1n) is 6.51. The molecule has 3 rings (SSSR count). The number of thiazole rings is 1. The van der Waals surface area contributed by atoms with Crippen LogP contribution in [0, 0.1) is 6.92 Å². The fourth-order valence-corrected chi connectivity index (χ4v) is 2.84. The lowest BCUT2D eigenvalue weighted by molar-refractivity contribution is 0.0472. The number of anilines is 1. The van der Waals surface area contributed by atoms with Gasteiger partial charge in [-0.15, -0.1) is 11.3 Å². The first-order valence-corrected chi connectivity index (χ1v) is 7.33. The number of esters is 1. The van der Waals surface area contributed by atoms with Gasteiger partial charge < -0.3 is 10.5 Å². The molecule has 0 spiro atoms. The second-order valence-corrected chi connectivity index (χ2v) is 5.84. The van der Waals surface area contributed by atoms with Gasteiger partial charge >= 0.3 is 5.97 Å².